The normalized spacial score (nSPS) is 11.2. The van der Waals surface area contributed by atoms with Gasteiger partial charge in [0.15, 0.2) is 10.8 Å². The van der Waals surface area contributed by atoms with Crippen LogP contribution in [0.15, 0.2) is 47.8 Å². The van der Waals surface area contributed by atoms with Gasteiger partial charge in [-0.15, -0.1) is 10.2 Å². The number of nitrogens with zero attached hydrogens (tertiary/aromatic N) is 5. The highest BCUT2D eigenvalue weighted by Gasteiger charge is 2.15. The SMILES string of the molecule is Cc1cc(NC(=O)CSc2nnc3c(Cl)cc(Cl)cn23)n(-c2ccc(F)cc2)n1. The summed E-state index contributed by atoms with van der Waals surface area (Å²) in [5.41, 5.74) is 1.81. The summed E-state index contributed by atoms with van der Waals surface area (Å²) in [4.78, 5) is 12.5. The second kappa shape index (κ2) is 8.02. The van der Waals surface area contributed by atoms with Crippen LogP contribution in [0.25, 0.3) is 11.3 Å². The van der Waals surface area contributed by atoms with Crippen LogP contribution in [0.4, 0.5) is 10.2 Å². The number of pyridine rings is 1. The van der Waals surface area contributed by atoms with Gasteiger partial charge in [0.05, 0.1) is 27.2 Å². The van der Waals surface area contributed by atoms with Crippen LogP contribution in [0, 0.1) is 12.7 Å². The van der Waals surface area contributed by atoms with Gasteiger partial charge in [0.1, 0.15) is 11.6 Å². The lowest BCUT2D eigenvalue weighted by molar-refractivity contribution is -0.113. The molecule has 4 rings (SSSR count). The number of halogens is 3. The van der Waals surface area contributed by atoms with Crippen LogP contribution in [-0.4, -0.2) is 36.0 Å². The number of carbonyl (C=O) groups is 1. The van der Waals surface area contributed by atoms with E-state index in [9.17, 15) is 9.18 Å². The third kappa shape index (κ3) is 4.21. The molecule has 0 aliphatic carbocycles. The molecule has 11 heteroatoms. The zero-order chi connectivity index (χ0) is 20.5. The number of carbonyl (C=O) groups excluding carboxylic acids is 1. The molecule has 0 aliphatic heterocycles. The van der Waals surface area contributed by atoms with Gasteiger partial charge in [-0.3, -0.25) is 9.20 Å². The van der Waals surface area contributed by atoms with Gasteiger partial charge in [-0.05, 0) is 37.3 Å². The molecule has 0 fully saturated rings. The topological polar surface area (TPSA) is 77.1 Å². The first-order valence-corrected chi connectivity index (χ1v) is 10.1. The third-order valence-electron chi connectivity index (χ3n) is 3.90. The van der Waals surface area contributed by atoms with Gasteiger partial charge in [0, 0.05) is 12.3 Å². The first kappa shape index (κ1) is 19.7. The third-order valence-corrected chi connectivity index (χ3v) is 5.33. The lowest BCUT2D eigenvalue weighted by atomic mass is 10.3. The molecule has 4 aromatic rings. The zero-order valence-electron chi connectivity index (χ0n) is 14.9. The van der Waals surface area contributed by atoms with Gasteiger partial charge in [0.25, 0.3) is 0 Å². The molecule has 7 nitrogen and oxygen atoms in total. The van der Waals surface area contributed by atoms with E-state index in [0.717, 1.165) is 0 Å². The maximum absolute atomic E-state index is 13.2. The quantitative estimate of drug-likeness (QED) is 0.456. The summed E-state index contributed by atoms with van der Waals surface area (Å²) in [6.07, 6.45) is 1.63. The van der Waals surface area contributed by atoms with Gasteiger partial charge in [0.2, 0.25) is 5.91 Å². The van der Waals surface area contributed by atoms with Crippen molar-refractivity contribution in [2.24, 2.45) is 0 Å². The van der Waals surface area contributed by atoms with Crippen LogP contribution in [0.5, 0.6) is 0 Å². The lowest BCUT2D eigenvalue weighted by Gasteiger charge is -2.08. The van der Waals surface area contributed by atoms with Crippen molar-refractivity contribution in [2.45, 2.75) is 12.1 Å². The maximum Gasteiger partial charge on any atom is 0.236 e. The molecule has 148 valence electrons. The van der Waals surface area contributed by atoms with Gasteiger partial charge in [-0.2, -0.15) is 5.10 Å². The van der Waals surface area contributed by atoms with Gasteiger partial charge in [-0.25, -0.2) is 9.07 Å². The van der Waals surface area contributed by atoms with Gasteiger partial charge in [-0.1, -0.05) is 35.0 Å². The Bertz CT molecular complexity index is 1210. The Kier molecular flexibility index (Phi) is 5.44. The lowest BCUT2D eigenvalue weighted by Crippen LogP contribution is -2.17. The van der Waals surface area contributed by atoms with Crippen LogP contribution in [0.3, 0.4) is 0 Å². The molecule has 29 heavy (non-hydrogen) atoms. The number of hydrogen-bond donors (Lipinski definition) is 1. The maximum atomic E-state index is 13.2. The van der Waals surface area contributed by atoms with Crippen molar-refractivity contribution in [3.63, 3.8) is 0 Å². The molecule has 1 amide bonds. The molecule has 0 aliphatic rings. The van der Waals surface area contributed by atoms with E-state index in [1.165, 1.54) is 23.9 Å². The van der Waals surface area contributed by atoms with E-state index < -0.39 is 0 Å². The van der Waals surface area contributed by atoms with Crippen LogP contribution in [-0.2, 0) is 4.79 Å². The Labute approximate surface area is 178 Å². The summed E-state index contributed by atoms with van der Waals surface area (Å²) in [6.45, 7) is 1.81. The van der Waals surface area contributed by atoms with E-state index in [4.69, 9.17) is 23.2 Å². The number of aromatic nitrogens is 5. The van der Waals surface area contributed by atoms with Crippen molar-refractivity contribution >= 4 is 52.3 Å². The van der Waals surface area contributed by atoms with E-state index in [0.29, 0.717) is 38.0 Å². The summed E-state index contributed by atoms with van der Waals surface area (Å²) >= 11 is 13.3. The van der Waals surface area contributed by atoms with E-state index in [1.807, 2.05) is 0 Å². The number of aryl methyl sites for hydroxylation is 1. The number of anilines is 1. The highest BCUT2D eigenvalue weighted by Crippen LogP contribution is 2.25. The largest absolute Gasteiger partial charge is 0.310 e. The van der Waals surface area contributed by atoms with Crippen molar-refractivity contribution in [1.82, 2.24) is 24.4 Å². The number of benzene rings is 1. The van der Waals surface area contributed by atoms with E-state index in [-0.39, 0.29) is 17.5 Å². The van der Waals surface area contributed by atoms with Crippen LogP contribution < -0.4 is 5.32 Å². The number of amides is 1. The summed E-state index contributed by atoms with van der Waals surface area (Å²) in [5, 5.41) is 16.5. The fourth-order valence-corrected chi connectivity index (χ4v) is 3.90. The summed E-state index contributed by atoms with van der Waals surface area (Å²) in [6, 6.07) is 9.15. The standard InChI is InChI=1S/C18H13Cl2FN6OS/c1-10-6-15(27(25-10)13-4-2-12(21)3-5-13)22-16(28)9-29-18-24-23-17-14(20)7-11(19)8-26(17)18/h2-8H,9H2,1H3,(H,22,28). The van der Waals surface area contributed by atoms with Crippen LogP contribution in [0.2, 0.25) is 10.0 Å². The fraction of sp³-hybridized carbons (Fsp3) is 0.111. The smallest absolute Gasteiger partial charge is 0.236 e. The van der Waals surface area contributed by atoms with Gasteiger partial charge >= 0.3 is 0 Å². The molecule has 0 bridgehead atoms. The molecule has 0 radical (unpaired) electrons. The number of hydrogen-bond acceptors (Lipinski definition) is 5. The summed E-state index contributed by atoms with van der Waals surface area (Å²) in [5.74, 6) is -0.0427. The van der Waals surface area contributed by atoms with Crippen molar-refractivity contribution < 1.29 is 9.18 Å². The fourth-order valence-electron chi connectivity index (χ4n) is 2.68. The van der Waals surface area contributed by atoms with Crippen molar-refractivity contribution in [2.75, 3.05) is 11.1 Å². The first-order valence-electron chi connectivity index (χ1n) is 8.36. The monoisotopic (exact) mass is 450 g/mol. The Morgan fingerprint density at radius 3 is 2.72 bits per heavy atom. The highest BCUT2D eigenvalue weighted by molar-refractivity contribution is 7.99. The minimum absolute atomic E-state index is 0.0819. The second-order valence-electron chi connectivity index (χ2n) is 6.08. The minimum Gasteiger partial charge on any atom is -0.310 e. The predicted molar refractivity (Wildman–Crippen MR) is 111 cm³/mol. The minimum atomic E-state index is -0.347. The Hall–Kier alpha value is -2.62. The average molecular weight is 451 g/mol. The van der Waals surface area contributed by atoms with Crippen molar-refractivity contribution in [1.29, 1.82) is 0 Å². The molecule has 0 atom stereocenters. The Morgan fingerprint density at radius 2 is 1.97 bits per heavy atom. The highest BCUT2D eigenvalue weighted by atomic mass is 35.5. The van der Waals surface area contributed by atoms with E-state index >= 15 is 0 Å². The molecule has 3 aromatic heterocycles. The number of rotatable bonds is 5. The van der Waals surface area contributed by atoms with Gasteiger partial charge < -0.3 is 5.32 Å². The first-order chi connectivity index (χ1) is 13.9. The summed E-state index contributed by atoms with van der Waals surface area (Å²) in [7, 11) is 0. The van der Waals surface area contributed by atoms with Crippen LogP contribution in [0.1, 0.15) is 5.69 Å². The number of fused-ring (bicyclic) bond motifs is 1. The molecule has 0 saturated carbocycles. The molecule has 3 heterocycles. The molecule has 0 saturated heterocycles. The molecule has 1 N–H and O–H groups in total. The van der Waals surface area contributed by atoms with E-state index in [1.54, 1.807) is 46.5 Å². The molecule has 0 spiro atoms. The molecular formula is C18H13Cl2FN6OS. The van der Waals surface area contributed by atoms with Crippen molar-refractivity contribution in [3.05, 3.63) is 64.2 Å². The van der Waals surface area contributed by atoms with Crippen molar-refractivity contribution in [3.8, 4) is 5.69 Å². The second-order valence-corrected chi connectivity index (χ2v) is 7.86. The Balaban J connectivity index is 1.49. The molecule has 1 aromatic carbocycles. The summed E-state index contributed by atoms with van der Waals surface area (Å²) < 4.78 is 16.4. The zero-order valence-corrected chi connectivity index (χ0v) is 17.3. The Morgan fingerprint density at radius 1 is 1.21 bits per heavy atom. The number of nitrogens with one attached hydrogen (secondary N) is 1. The number of thioether (sulfide) groups is 1. The average Bonchev–Trinajstić information content (AvgIpc) is 3.24. The molecular weight excluding hydrogens is 438 g/mol. The van der Waals surface area contributed by atoms with E-state index in [2.05, 4.69) is 20.6 Å². The predicted octanol–water partition coefficient (Wildman–Crippen LogP) is 4.40. The molecule has 0 unspecified atom stereocenters. The van der Waals surface area contributed by atoms with Crippen LogP contribution >= 0.6 is 35.0 Å².